The number of halogens is 1. The van der Waals surface area contributed by atoms with Crippen LogP contribution in [0.2, 0.25) is 5.02 Å². The third kappa shape index (κ3) is 17.2. The lowest BCUT2D eigenvalue weighted by Crippen LogP contribution is -2.63. The van der Waals surface area contributed by atoms with Gasteiger partial charge in [0.2, 0.25) is 17.7 Å². The van der Waals surface area contributed by atoms with Crippen molar-refractivity contribution >= 4 is 71.0 Å². The van der Waals surface area contributed by atoms with Crippen molar-refractivity contribution in [2.75, 3.05) is 92.2 Å². The number of carbonyl (C=O) groups is 7. The normalized spacial score (nSPS) is 28.2. The summed E-state index contributed by atoms with van der Waals surface area (Å²) in [7, 11) is 8.86. The summed E-state index contributed by atoms with van der Waals surface area (Å²) < 4.78 is 46.4. The van der Waals surface area contributed by atoms with Crippen molar-refractivity contribution in [3.63, 3.8) is 0 Å². The average Bonchev–Trinajstić information content (AvgIpc) is 4.23. The maximum absolute atomic E-state index is 14.4. The highest BCUT2D eigenvalue weighted by Gasteiger charge is 2.64. The van der Waals surface area contributed by atoms with Crippen LogP contribution in [0.15, 0.2) is 48.1 Å². The summed E-state index contributed by atoms with van der Waals surface area (Å²) >= 11 is 8.27. The number of benzene rings is 1. The highest BCUT2D eigenvalue weighted by molar-refractivity contribution is 7.99. The molecule has 1 aliphatic carbocycles. The standard InChI is InChI=1S/C54H79ClN6O16S/c1-33-15-12-20-42(71-10)54(69)31-41(75-50(66)57-54)34(2)48-53(4,77-48)43(30-46(64)61(8)39-28-36(27-33)29-40(70-9)47(39)55)76-49(65)35(3)60(7)45(63)21-25-73-51(67)58(5)23-24-59(6)52(68)74-38-18-13-16-37(17-14-19-38)72-26-22-56-44(62)32-78-11/h12-13,15,18,20,28-29,34-35,37-38,41-43,48,69H,14,16-17,19,21-27,30-32H2,1-11H3,(H,56,62)(H,57,66)/b18-13+,20-12+,33-15+/t34-,35+,37?,38?,41+,42-,43+,48+,53+,54+/m1/s1. The summed E-state index contributed by atoms with van der Waals surface area (Å²) in [5.74, 6) is -1.81. The number of esters is 1. The molecule has 24 heteroatoms. The summed E-state index contributed by atoms with van der Waals surface area (Å²) in [6.07, 6.45) is 6.74. The first-order chi connectivity index (χ1) is 36.9. The smallest absolute Gasteiger partial charge is 0.410 e. The Bertz CT molecular complexity index is 2390. The molecule has 1 aromatic carbocycles. The van der Waals surface area contributed by atoms with Gasteiger partial charge in [-0.15, -0.1) is 0 Å². The fourth-order valence-electron chi connectivity index (χ4n) is 9.42. The van der Waals surface area contributed by atoms with E-state index in [1.54, 1.807) is 45.2 Å². The third-order valence-corrected chi connectivity index (χ3v) is 15.5. The maximum atomic E-state index is 14.4. The Morgan fingerprint density at radius 3 is 2.45 bits per heavy atom. The summed E-state index contributed by atoms with van der Waals surface area (Å²) in [5.41, 5.74) is -1.22. The van der Waals surface area contributed by atoms with Crippen LogP contribution in [-0.4, -0.2) is 203 Å². The summed E-state index contributed by atoms with van der Waals surface area (Å²) in [6.45, 7) is 7.55. The molecule has 2 saturated heterocycles. The molecule has 22 nitrogen and oxygen atoms in total. The summed E-state index contributed by atoms with van der Waals surface area (Å²) in [4.78, 5) is 97.6. The predicted molar refractivity (Wildman–Crippen MR) is 291 cm³/mol. The van der Waals surface area contributed by atoms with E-state index in [2.05, 4.69) is 10.6 Å². The number of alkyl carbamates (subject to hydrolysis) is 1. The van der Waals surface area contributed by atoms with Crippen LogP contribution in [0.5, 0.6) is 5.75 Å². The van der Waals surface area contributed by atoms with Crippen molar-refractivity contribution < 1.29 is 76.6 Å². The minimum atomic E-state index is -1.89. The van der Waals surface area contributed by atoms with E-state index in [-0.39, 0.29) is 49.6 Å². The molecule has 2 fully saturated rings. The molecule has 2 unspecified atom stereocenters. The van der Waals surface area contributed by atoms with Gasteiger partial charge in [-0.05, 0) is 82.9 Å². The van der Waals surface area contributed by atoms with Crippen molar-refractivity contribution in [3.8, 4) is 5.75 Å². The molecule has 4 bridgehead atoms. The van der Waals surface area contributed by atoms with Gasteiger partial charge in [0, 0.05) is 67.3 Å². The van der Waals surface area contributed by atoms with Crippen LogP contribution >= 0.6 is 23.4 Å². The molecular weight excluding hydrogens is 1060 g/mol. The zero-order valence-electron chi connectivity index (χ0n) is 46.7. The number of nitrogens with one attached hydrogen (secondary N) is 2. The number of fused-ring (bicyclic) bond motifs is 5. The lowest BCUT2D eigenvalue weighted by molar-refractivity contribution is -0.162. The molecular formula is C54H79ClN6O16S. The first-order valence-electron chi connectivity index (χ1n) is 26.1. The van der Waals surface area contributed by atoms with Gasteiger partial charge < -0.3 is 67.9 Å². The molecule has 3 N–H and O–H groups in total. The molecule has 3 heterocycles. The van der Waals surface area contributed by atoms with Crippen LogP contribution < -0.4 is 20.3 Å². The number of rotatable bonds is 18. The molecule has 0 aromatic heterocycles. The number of thioether (sulfide) groups is 1. The number of ether oxygens (including phenoxy) is 8. The van der Waals surface area contributed by atoms with E-state index in [4.69, 9.17) is 49.5 Å². The van der Waals surface area contributed by atoms with Gasteiger partial charge in [0.15, 0.2) is 5.72 Å². The lowest BCUT2D eigenvalue weighted by atomic mass is 9.83. The van der Waals surface area contributed by atoms with Crippen LogP contribution in [0.3, 0.4) is 0 Å². The highest BCUT2D eigenvalue weighted by atomic mass is 35.5. The van der Waals surface area contributed by atoms with Gasteiger partial charge in [-0.25, -0.2) is 19.2 Å². The van der Waals surface area contributed by atoms with Gasteiger partial charge in [0.1, 0.15) is 53.4 Å². The number of allylic oxidation sites excluding steroid dienone is 3. The third-order valence-electron chi connectivity index (χ3n) is 14.5. The van der Waals surface area contributed by atoms with Crippen LogP contribution in [0.25, 0.3) is 0 Å². The first kappa shape index (κ1) is 63.2. The fraction of sp³-hybridized carbons (Fsp3) is 0.648. The van der Waals surface area contributed by atoms with Crippen LogP contribution in [0.1, 0.15) is 78.2 Å². The van der Waals surface area contributed by atoms with Gasteiger partial charge in [-0.2, -0.15) is 11.8 Å². The van der Waals surface area contributed by atoms with Crippen molar-refractivity contribution in [3.05, 3.63) is 58.7 Å². The van der Waals surface area contributed by atoms with Gasteiger partial charge in [-0.3, -0.25) is 19.7 Å². The molecule has 3 aliphatic heterocycles. The minimum absolute atomic E-state index is 0.00195. The molecule has 0 spiro atoms. The Balaban J connectivity index is 1.17. The Morgan fingerprint density at radius 1 is 1.04 bits per heavy atom. The molecule has 0 saturated carbocycles. The minimum Gasteiger partial charge on any atom is -0.495 e. The van der Waals surface area contributed by atoms with E-state index in [0.717, 1.165) is 28.9 Å². The van der Waals surface area contributed by atoms with E-state index in [1.165, 1.54) is 68.7 Å². The first-order valence-corrected chi connectivity index (χ1v) is 27.9. The number of anilines is 1. The number of carbonyl (C=O) groups excluding carboxylic acids is 7. The second-order valence-corrected chi connectivity index (χ2v) is 21.6. The van der Waals surface area contributed by atoms with Gasteiger partial charge in [-0.1, -0.05) is 48.4 Å². The lowest BCUT2D eigenvalue weighted by Gasteiger charge is -2.42. The quantitative estimate of drug-likeness (QED) is 0.0547. The van der Waals surface area contributed by atoms with Crippen LogP contribution in [0, 0.1) is 5.92 Å². The topological polar surface area (TPSA) is 254 Å². The van der Waals surface area contributed by atoms with Gasteiger partial charge in [0.25, 0.3) is 0 Å². The monoisotopic (exact) mass is 1130 g/mol. The predicted octanol–water partition coefficient (Wildman–Crippen LogP) is 5.40. The SMILES string of the molecule is COc1cc2cc(c1Cl)N(C)C(=O)C[C@H](OC(=O)[C@H](C)N(C)C(=O)CCOC(=O)N(C)CCN(C)C(=O)OC1/C=C/CC(OCCNC(=O)CSC)CCC1)[C@]1(C)O[C@H]1[C@H](C)[C@@H]1C[C@@](O)(NC(=O)O1)[C@H](OC)/C=C/C=C(\C)C2. The number of hydrogen-bond donors (Lipinski definition) is 3. The number of methoxy groups -OCH3 is 2. The summed E-state index contributed by atoms with van der Waals surface area (Å²) in [5, 5.41) is 17.4. The van der Waals surface area contributed by atoms with Gasteiger partial charge in [0.05, 0.1) is 50.2 Å². The summed E-state index contributed by atoms with van der Waals surface area (Å²) in [6, 6.07) is 2.33. The number of nitrogens with zero attached hydrogens (tertiary/aromatic N) is 4. The van der Waals surface area contributed by atoms with Crippen molar-refractivity contribution in [2.24, 2.45) is 5.92 Å². The molecule has 78 heavy (non-hydrogen) atoms. The number of aliphatic hydroxyl groups is 1. The second-order valence-electron chi connectivity index (χ2n) is 20.4. The average molecular weight is 1140 g/mol. The maximum Gasteiger partial charge on any atom is 0.410 e. The number of hydrogen-bond acceptors (Lipinski definition) is 17. The second kappa shape index (κ2) is 29.0. The van der Waals surface area contributed by atoms with Crippen LogP contribution in [-0.2, 0) is 58.8 Å². The molecule has 6 amide bonds. The van der Waals surface area contributed by atoms with Gasteiger partial charge >= 0.3 is 24.2 Å². The fourth-order valence-corrected chi connectivity index (χ4v) is 10.1. The van der Waals surface area contributed by atoms with E-state index in [0.29, 0.717) is 49.6 Å². The zero-order valence-corrected chi connectivity index (χ0v) is 48.3. The van der Waals surface area contributed by atoms with Crippen molar-refractivity contribution in [2.45, 2.75) is 133 Å². The zero-order chi connectivity index (χ0) is 57.5. The van der Waals surface area contributed by atoms with Crippen molar-refractivity contribution in [1.82, 2.24) is 25.3 Å². The Kier molecular flexibility index (Phi) is 23.5. The largest absolute Gasteiger partial charge is 0.495 e. The molecule has 434 valence electrons. The molecule has 10 atom stereocenters. The Morgan fingerprint density at radius 2 is 1.76 bits per heavy atom. The van der Waals surface area contributed by atoms with Crippen molar-refractivity contribution in [1.29, 1.82) is 0 Å². The van der Waals surface area contributed by atoms with Crippen LogP contribution in [0.4, 0.5) is 20.1 Å². The number of epoxide rings is 1. The highest BCUT2D eigenvalue weighted by Crippen LogP contribution is 2.49. The molecule has 1 aromatic rings. The molecule has 4 aliphatic rings. The Hall–Kier alpha value is -5.59. The molecule has 5 rings (SSSR count). The van der Waals surface area contributed by atoms with E-state index >= 15 is 0 Å². The number of amides is 6. The number of likely N-dealkylation sites (N-methyl/N-ethyl adjacent to an activating group) is 3. The van der Waals surface area contributed by atoms with E-state index in [1.807, 2.05) is 31.4 Å². The van der Waals surface area contributed by atoms with E-state index in [9.17, 15) is 38.7 Å². The van der Waals surface area contributed by atoms with E-state index < -0.39 is 96.3 Å². The molecule has 0 radical (unpaired) electrons. The Labute approximate surface area is 466 Å².